The average molecular weight is 560 g/mol. The summed E-state index contributed by atoms with van der Waals surface area (Å²) >= 11 is 0. The molecule has 1 aromatic heterocycles. The summed E-state index contributed by atoms with van der Waals surface area (Å²) < 4.78 is 3.48. The molecule has 0 saturated heterocycles. The number of azo groups is 1. The van der Waals surface area contributed by atoms with Crippen LogP contribution in [-0.2, 0) is 6.54 Å². The number of hydrogen-bond acceptors (Lipinski definition) is 3. The summed E-state index contributed by atoms with van der Waals surface area (Å²) in [6.07, 6.45) is 15.8. The molecular formula is C36H57N5+2. The Balaban J connectivity index is 1.72. The fourth-order valence-electron chi connectivity index (χ4n) is 5.95. The van der Waals surface area contributed by atoms with Crippen LogP contribution >= 0.6 is 0 Å². The van der Waals surface area contributed by atoms with Gasteiger partial charge in [-0.1, -0.05) is 76.6 Å². The first-order valence-electron chi connectivity index (χ1n) is 16.6. The van der Waals surface area contributed by atoms with E-state index in [0.29, 0.717) is 0 Å². The van der Waals surface area contributed by atoms with Crippen molar-refractivity contribution in [3.05, 3.63) is 60.9 Å². The number of quaternary nitrogens is 1. The maximum absolute atomic E-state index is 4.73. The van der Waals surface area contributed by atoms with E-state index in [0.717, 1.165) is 31.0 Å². The van der Waals surface area contributed by atoms with Crippen molar-refractivity contribution in [1.82, 2.24) is 0 Å². The van der Waals surface area contributed by atoms with Crippen LogP contribution in [0.2, 0.25) is 0 Å². The first-order valence-corrected chi connectivity index (χ1v) is 16.6. The third-order valence-corrected chi connectivity index (χ3v) is 8.99. The molecule has 41 heavy (non-hydrogen) atoms. The number of rotatable bonds is 20. The molecule has 0 radical (unpaired) electrons. The lowest BCUT2D eigenvalue weighted by molar-refractivity contribution is -0.925. The molecule has 0 bridgehead atoms. The predicted molar refractivity (Wildman–Crippen MR) is 177 cm³/mol. The summed E-state index contributed by atoms with van der Waals surface area (Å²) in [5, 5.41) is 11.8. The highest BCUT2D eigenvalue weighted by Gasteiger charge is 2.20. The third kappa shape index (κ3) is 9.92. The number of fused-ring (bicyclic) bond motifs is 1. The molecule has 5 heteroatoms. The molecule has 0 unspecified atom stereocenters. The quantitative estimate of drug-likeness (QED) is 0.0587. The lowest BCUT2D eigenvalue weighted by Crippen LogP contribution is -2.49. The normalized spacial score (nSPS) is 12.0. The van der Waals surface area contributed by atoms with Gasteiger partial charge in [0.1, 0.15) is 0 Å². The zero-order valence-electron chi connectivity index (χ0n) is 26.8. The second-order valence-electron chi connectivity index (χ2n) is 11.6. The highest BCUT2D eigenvalue weighted by Crippen LogP contribution is 2.35. The fraction of sp³-hybridized carbons (Fsp3) is 0.583. The van der Waals surface area contributed by atoms with Crippen molar-refractivity contribution in [2.45, 2.75) is 99.0 Å². The van der Waals surface area contributed by atoms with Crippen LogP contribution in [0.3, 0.4) is 0 Å². The Labute approximate surface area is 250 Å². The molecule has 0 aliphatic rings. The number of hydrogen-bond donors (Lipinski definition) is 0. The van der Waals surface area contributed by atoms with Gasteiger partial charge >= 0.3 is 0 Å². The average Bonchev–Trinajstić information content (AvgIpc) is 3.02. The van der Waals surface area contributed by atoms with Gasteiger partial charge in [0.05, 0.1) is 44.0 Å². The molecule has 5 nitrogen and oxygen atoms in total. The van der Waals surface area contributed by atoms with Crippen molar-refractivity contribution in [1.29, 1.82) is 0 Å². The predicted octanol–water partition coefficient (Wildman–Crippen LogP) is 9.78. The summed E-state index contributed by atoms with van der Waals surface area (Å²) in [6, 6.07) is 17.3. The Hall–Kier alpha value is -2.79. The van der Waals surface area contributed by atoms with Gasteiger partial charge in [-0.15, -0.1) is 5.11 Å². The summed E-state index contributed by atoms with van der Waals surface area (Å²) in [4.78, 5) is 2.62. The highest BCUT2D eigenvalue weighted by molar-refractivity contribution is 6.01. The van der Waals surface area contributed by atoms with E-state index in [1.54, 1.807) is 0 Å². The second kappa shape index (κ2) is 17.9. The van der Waals surface area contributed by atoms with Crippen molar-refractivity contribution >= 4 is 27.8 Å². The zero-order chi connectivity index (χ0) is 29.3. The Kier molecular flexibility index (Phi) is 14.3. The minimum Gasteiger partial charge on any atom is -0.371 e. The van der Waals surface area contributed by atoms with Crippen molar-refractivity contribution in [3.8, 4) is 0 Å². The first-order chi connectivity index (χ1) is 20.1. The molecule has 0 aliphatic heterocycles. The number of benzene rings is 2. The van der Waals surface area contributed by atoms with Gasteiger partial charge in [-0.3, -0.25) is 0 Å². The van der Waals surface area contributed by atoms with Crippen LogP contribution < -0.4 is 9.47 Å². The SMILES string of the molecule is CCCCCCN(CCCCCC)c1ccc(/N=N/c2cc[n+](CCC[N+](CC)(CC)CC)cc2)c2ccccc12. The van der Waals surface area contributed by atoms with E-state index in [9.17, 15) is 0 Å². The van der Waals surface area contributed by atoms with E-state index < -0.39 is 0 Å². The number of anilines is 1. The molecule has 0 spiro atoms. The molecule has 224 valence electrons. The van der Waals surface area contributed by atoms with E-state index in [1.807, 2.05) is 0 Å². The summed E-state index contributed by atoms with van der Waals surface area (Å²) in [7, 11) is 0. The van der Waals surface area contributed by atoms with Gasteiger partial charge in [0, 0.05) is 41.7 Å². The summed E-state index contributed by atoms with van der Waals surface area (Å²) in [6.45, 7) is 19.7. The maximum Gasteiger partial charge on any atom is 0.171 e. The third-order valence-electron chi connectivity index (χ3n) is 8.99. The Morgan fingerprint density at radius 2 is 1.24 bits per heavy atom. The van der Waals surface area contributed by atoms with Crippen LogP contribution in [0.25, 0.3) is 10.8 Å². The molecule has 3 aromatic rings. The number of nitrogens with zero attached hydrogens (tertiary/aromatic N) is 5. The number of pyridine rings is 1. The van der Waals surface area contributed by atoms with E-state index >= 15 is 0 Å². The van der Waals surface area contributed by atoms with Crippen LogP contribution in [0.4, 0.5) is 17.1 Å². The standard InChI is InChI=1S/C36H57N5/c1-6-11-13-17-27-40(28-18-14-12-7-2)36-23-22-35(33-20-15-16-21-34(33)36)38-37-32-24-29-39(30-25-32)26-19-31-41(8-3,9-4)10-5/h15-16,20-25,29-30H,6-14,17-19,26-28,31H2,1-5H3/q+2. The molecule has 2 aromatic carbocycles. The largest absolute Gasteiger partial charge is 0.371 e. The van der Waals surface area contributed by atoms with Crippen LogP contribution in [0.15, 0.2) is 71.2 Å². The van der Waals surface area contributed by atoms with Gasteiger partial charge in [0.2, 0.25) is 0 Å². The van der Waals surface area contributed by atoms with Gasteiger partial charge in [0.25, 0.3) is 0 Å². The van der Waals surface area contributed by atoms with Crippen molar-refractivity contribution in [2.24, 2.45) is 10.2 Å². The Morgan fingerprint density at radius 3 is 1.83 bits per heavy atom. The molecule has 0 aliphatic carbocycles. The van der Waals surface area contributed by atoms with Gasteiger partial charge in [-0.05, 0) is 45.7 Å². The maximum atomic E-state index is 4.73. The first kappa shape index (κ1) is 32.7. The molecule has 0 saturated carbocycles. The summed E-state index contributed by atoms with van der Waals surface area (Å²) in [5.74, 6) is 0. The fourth-order valence-corrected chi connectivity index (χ4v) is 5.95. The molecule has 3 rings (SSSR count). The van der Waals surface area contributed by atoms with Crippen LogP contribution in [0.1, 0.15) is 92.4 Å². The van der Waals surface area contributed by atoms with E-state index in [2.05, 4.69) is 110 Å². The number of aryl methyl sites for hydroxylation is 1. The monoisotopic (exact) mass is 559 g/mol. The van der Waals surface area contributed by atoms with Gasteiger partial charge in [-0.25, -0.2) is 4.57 Å². The highest BCUT2D eigenvalue weighted by atomic mass is 15.3. The lowest BCUT2D eigenvalue weighted by Gasteiger charge is -2.35. The lowest BCUT2D eigenvalue weighted by atomic mass is 10.0. The van der Waals surface area contributed by atoms with Crippen LogP contribution in [-0.4, -0.2) is 43.8 Å². The van der Waals surface area contributed by atoms with Crippen molar-refractivity contribution in [3.63, 3.8) is 0 Å². The zero-order valence-corrected chi connectivity index (χ0v) is 26.8. The molecule has 0 amide bonds. The molecule has 0 atom stereocenters. The summed E-state index contributed by atoms with van der Waals surface area (Å²) in [5.41, 5.74) is 3.17. The van der Waals surface area contributed by atoms with E-state index in [-0.39, 0.29) is 0 Å². The molecule has 0 N–H and O–H groups in total. The van der Waals surface area contributed by atoms with Crippen LogP contribution in [0.5, 0.6) is 0 Å². The van der Waals surface area contributed by atoms with Gasteiger partial charge in [-0.2, -0.15) is 5.11 Å². The minimum absolute atomic E-state index is 0.892. The van der Waals surface area contributed by atoms with Crippen LogP contribution in [0, 0.1) is 0 Å². The van der Waals surface area contributed by atoms with Gasteiger partial charge < -0.3 is 9.38 Å². The second-order valence-corrected chi connectivity index (χ2v) is 11.6. The molecule has 1 heterocycles. The van der Waals surface area contributed by atoms with Crippen molar-refractivity contribution in [2.75, 3.05) is 44.2 Å². The molecule has 0 fully saturated rings. The van der Waals surface area contributed by atoms with E-state index in [1.165, 1.54) is 105 Å². The minimum atomic E-state index is 0.892. The van der Waals surface area contributed by atoms with E-state index in [4.69, 9.17) is 5.11 Å². The Bertz CT molecular complexity index is 1150. The number of unbranched alkanes of at least 4 members (excludes halogenated alkanes) is 6. The number of aromatic nitrogens is 1. The topological polar surface area (TPSA) is 31.8 Å². The Morgan fingerprint density at radius 1 is 0.634 bits per heavy atom. The van der Waals surface area contributed by atoms with Gasteiger partial charge in [0.15, 0.2) is 18.9 Å². The van der Waals surface area contributed by atoms with Crippen molar-refractivity contribution < 1.29 is 9.05 Å². The molecular weight excluding hydrogens is 502 g/mol. The smallest absolute Gasteiger partial charge is 0.171 e.